The Hall–Kier alpha value is -3.19. The molecule has 8 heteroatoms. The number of ether oxygens (including phenoxy) is 1. The summed E-state index contributed by atoms with van der Waals surface area (Å²) in [7, 11) is 0. The van der Waals surface area contributed by atoms with Gasteiger partial charge in [-0.25, -0.2) is 4.90 Å². The lowest BCUT2D eigenvalue weighted by Crippen LogP contribution is -2.32. The van der Waals surface area contributed by atoms with Crippen LogP contribution in [0.4, 0.5) is 11.4 Å². The van der Waals surface area contributed by atoms with Crippen LogP contribution in [0.15, 0.2) is 42.5 Å². The van der Waals surface area contributed by atoms with Crippen molar-refractivity contribution >= 4 is 46.7 Å². The van der Waals surface area contributed by atoms with Gasteiger partial charge in [-0.05, 0) is 67.9 Å². The molecule has 0 radical (unpaired) electrons. The third-order valence-corrected chi connectivity index (χ3v) is 8.62. The van der Waals surface area contributed by atoms with Crippen LogP contribution in [0.1, 0.15) is 31.2 Å². The Labute approximate surface area is 208 Å². The van der Waals surface area contributed by atoms with Gasteiger partial charge >= 0.3 is 5.97 Å². The molecule has 2 heterocycles. The van der Waals surface area contributed by atoms with E-state index in [2.05, 4.69) is 0 Å². The smallest absolute Gasteiger partial charge is 0.316 e. The minimum Gasteiger partial charge on any atom is -0.426 e. The van der Waals surface area contributed by atoms with Gasteiger partial charge in [-0.1, -0.05) is 23.7 Å². The van der Waals surface area contributed by atoms with E-state index in [1.165, 1.54) is 4.90 Å². The number of esters is 1. The predicted octanol–water partition coefficient (Wildman–Crippen LogP) is 4.14. The van der Waals surface area contributed by atoms with E-state index in [-0.39, 0.29) is 48.3 Å². The summed E-state index contributed by atoms with van der Waals surface area (Å²) in [6.45, 7) is 2.04. The number of nitrogens with zero attached hydrogens (tertiary/aromatic N) is 2. The van der Waals surface area contributed by atoms with Crippen LogP contribution in [0, 0.1) is 36.5 Å². The van der Waals surface area contributed by atoms with Crippen molar-refractivity contribution in [2.75, 3.05) is 16.3 Å². The molecule has 0 unspecified atom stereocenters. The van der Waals surface area contributed by atoms with Crippen LogP contribution >= 0.6 is 11.6 Å². The lowest BCUT2D eigenvalue weighted by molar-refractivity contribution is -0.139. The van der Waals surface area contributed by atoms with Crippen LogP contribution in [0.5, 0.6) is 5.75 Å². The van der Waals surface area contributed by atoms with Gasteiger partial charge in [0.2, 0.25) is 17.7 Å². The van der Waals surface area contributed by atoms with Gasteiger partial charge in [0.15, 0.2) is 0 Å². The van der Waals surface area contributed by atoms with Crippen molar-refractivity contribution in [2.45, 2.75) is 32.6 Å². The number of hydrogen-bond acceptors (Lipinski definition) is 5. The van der Waals surface area contributed by atoms with E-state index in [4.69, 9.17) is 16.3 Å². The molecule has 2 saturated carbocycles. The summed E-state index contributed by atoms with van der Waals surface area (Å²) < 4.78 is 5.61. The highest BCUT2D eigenvalue weighted by molar-refractivity contribution is 6.31. The molecule has 7 nitrogen and oxygen atoms in total. The summed E-state index contributed by atoms with van der Waals surface area (Å²) in [5, 5.41) is 0.557. The number of benzene rings is 2. The van der Waals surface area contributed by atoms with Gasteiger partial charge in [-0.2, -0.15) is 0 Å². The van der Waals surface area contributed by atoms with Crippen LogP contribution < -0.4 is 14.5 Å². The van der Waals surface area contributed by atoms with Crippen molar-refractivity contribution in [3.8, 4) is 5.75 Å². The summed E-state index contributed by atoms with van der Waals surface area (Å²) in [6.07, 6.45) is 3.05. The third-order valence-electron chi connectivity index (χ3n) is 8.21. The molecule has 2 aromatic rings. The number of amides is 3. The lowest BCUT2D eigenvalue weighted by Gasteiger charge is -2.20. The van der Waals surface area contributed by atoms with Crippen molar-refractivity contribution < 1.29 is 23.9 Å². The molecule has 35 heavy (non-hydrogen) atoms. The molecule has 4 fully saturated rings. The van der Waals surface area contributed by atoms with Gasteiger partial charge < -0.3 is 9.64 Å². The number of halogens is 1. The van der Waals surface area contributed by atoms with Crippen LogP contribution in [0.25, 0.3) is 0 Å². The molecule has 5 atom stereocenters. The monoisotopic (exact) mass is 492 g/mol. The van der Waals surface area contributed by atoms with Crippen molar-refractivity contribution in [1.29, 1.82) is 0 Å². The number of hydrogen-bond donors (Lipinski definition) is 0. The van der Waals surface area contributed by atoms with Gasteiger partial charge in [0.25, 0.3) is 0 Å². The van der Waals surface area contributed by atoms with Crippen molar-refractivity contribution in [3.05, 3.63) is 53.1 Å². The van der Waals surface area contributed by atoms with Crippen molar-refractivity contribution in [2.24, 2.45) is 29.6 Å². The van der Waals surface area contributed by atoms with Crippen molar-refractivity contribution in [1.82, 2.24) is 0 Å². The molecular weight excluding hydrogens is 468 g/mol. The van der Waals surface area contributed by atoms with Gasteiger partial charge in [-0.15, -0.1) is 0 Å². The summed E-state index contributed by atoms with van der Waals surface area (Å²) in [5.41, 5.74) is 1.89. The highest BCUT2D eigenvalue weighted by Crippen LogP contribution is 2.56. The van der Waals surface area contributed by atoms with E-state index in [9.17, 15) is 19.2 Å². The Balaban J connectivity index is 1.17. The molecule has 2 bridgehead atoms. The van der Waals surface area contributed by atoms with Gasteiger partial charge in [0, 0.05) is 29.7 Å². The number of carbonyl (C=O) groups is 4. The Bertz CT molecular complexity index is 1250. The first-order valence-electron chi connectivity index (χ1n) is 12.1. The molecule has 6 rings (SSSR count). The maximum Gasteiger partial charge on any atom is 0.316 e. The van der Waals surface area contributed by atoms with Gasteiger partial charge in [-0.3, -0.25) is 19.2 Å². The first-order valence-corrected chi connectivity index (χ1v) is 12.5. The average Bonchev–Trinajstić information content (AvgIpc) is 3.59. The molecule has 0 spiro atoms. The maximum atomic E-state index is 13.1. The summed E-state index contributed by atoms with van der Waals surface area (Å²) in [6, 6.07) is 11.9. The van der Waals surface area contributed by atoms with E-state index in [0.29, 0.717) is 28.2 Å². The molecule has 0 aromatic heterocycles. The maximum absolute atomic E-state index is 13.1. The molecule has 2 saturated heterocycles. The second-order valence-corrected chi connectivity index (χ2v) is 10.5. The van der Waals surface area contributed by atoms with Crippen LogP contribution in [0.2, 0.25) is 5.02 Å². The molecule has 4 aliphatic rings. The van der Waals surface area contributed by atoms with E-state index in [1.807, 2.05) is 13.0 Å². The Kier molecular flexibility index (Phi) is 5.22. The lowest BCUT2D eigenvalue weighted by atomic mass is 9.81. The number of carbonyl (C=O) groups excluding carboxylic acids is 4. The minimum absolute atomic E-state index is 0.0414. The SMILES string of the molecule is Cc1c(Cl)cccc1N1C[C@@H](C(=O)Oc2cccc(N3C(=O)[C@@H]4[C@H]5CC[C@@H](C5)[C@@H]4C3=O)c2)CC1=O. The summed E-state index contributed by atoms with van der Waals surface area (Å²) in [4.78, 5) is 54.7. The third kappa shape index (κ3) is 3.47. The fourth-order valence-electron chi connectivity index (χ4n) is 6.54. The van der Waals surface area contributed by atoms with E-state index >= 15 is 0 Å². The van der Waals surface area contributed by atoms with E-state index in [1.54, 1.807) is 41.3 Å². The second-order valence-electron chi connectivity index (χ2n) is 10.1. The molecule has 2 aromatic carbocycles. The Morgan fingerprint density at radius 2 is 1.69 bits per heavy atom. The molecule has 2 aliphatic carbocycles. The molecule has 0 N–H and O–H groups in total. The number of rotatable bonds is 4. The Morgan fingerprint density at radius 1 is 1.00 bits per heavy atom. The van der Waals surface area contributed by atoms with Crippen LogP contribution in [-0.2, 0) is 19.2 Å². The fourth-order valence-corrected chi connectivity index (χ4v) is 6.71. The zero-order chi connectivity index (χ0) is 24.4. The second kappa shape index (κ2) is 8.19. The summed E-state index contributed by atoms with van der Waals surface area (Å²) in [5.74, 6) is -1.15. The predicted molar refractivity (Wildman–Crippen MR) is 129 cm³/mol. The highest BCUT2D eigenvalue weighted by atomic mass is 35.5. The quantitative estimate of drug-likeness (QED) is 0.364. The first-order chi connectivity index (χ1) is 16.8. The normalized spacial score (nSPS) is 29.3. The standard InChI is InChI=1S/C27H25ClN2O5/c1-14-20(28)6-3-7-21(14)29-13-17(11-22(29)31)27(34)35-19-5-2-4-18(12-19)30-25(32)23-15-8-9-16(10-15)24(23)26(30)33/h2-7,12,15-17,23-24H,8-11,13H2,1H3/t15-,16-,17-,23-,24+/m0/s1. The highest BCUT2D eigenvalue weighted by Gasteiger charge is 2.61. The van der Waals surface area contributed by atoms with Crippen LogP contribution in [-0.4, -0.2) is 30.2 Å². The number of anilines is 2. The topological polar surface area (TPSA) is 84.0 Å². The largest absolute Gasteiger partial charge is 0.426 e. The Morgan fingerprint density at radius 3 is 2.40 bits per heavy atom. The van der Waals surface area contributed by atoms with Crippen molar-refractivity contribution in [3.63, 3.8) is 0 Å². The number of imide groups is 1. The molecular formula is C27H25ClN2O5. The zero-order valence-electron chi connectivity index (χ0n) is 19.3. The van der Waals surface area contributed by atoms with E-state index < -0.39 is 11.9 Å². The molecule has 180 valence electrons. The average molecular weight is 493 g/mol. The first kappa shape index (κ1) is 22.3. The van der Waals surface area contributed by atoms with Gasteiger partial charge in [0.1, 0.15) is 5.75 Å². The molecule has 3 amide bonds. The zero-order valence-corrected chi connectivity index (χ0v) is 20.0. The minimum atomic E-state index is -0.630. The van der Waals surface area contributed by atoms with Gasteiger partial charge in [0.05, 0.1) is 23.4 Å². The molecule has 2 aliphatic heterocycles. The fraction of sp³-hybridized carbons (Fsp3) is 0.407. The summed E-state index contributed by atoms with van der Waals surface area (Å²) >= 11 is 6.20. The van der Waals surface area contributed by atoms with Crippen LogP contribution in [0.3, 0.4) is 0 Å². The number of fused-ring (bicyclic) bond motifs is 5. The van der Waals surface area contributed by atoms with E-state index in [0.717, 1.165) is 24.8 Å².